The van der Waals surface area contributed by atoms with Crippen LogP contribution in [-0.2, 0) is 4.79 Å². The highest BCUT2D eigenvalue weighted by Crippen LogP contribution is 2.29. The monoisotopic (exact) mass is 398 g/mol. The predicted octanol–water partition coefficient (Wildman–Crippen LogP) is 4.83. The van der Waals surface area contributed by atoms with Crippen molar-refractivity contribution in [3.8, 4) is 0 Å². The highest BCUT2D eigenvalue weighted by Gasteiger charge is 2.15. The minimum Gasteiger partial charge on any atom is -0.478 e. The maximum Gasteiger partial charge on any atom is 0.336 e. The number of rotatable bonds is 5. The summed E-state index contributed by atoms with van der Waals surface area (Å²) in [5, 5.41) is 15.9. The SMILES string of the molecule is O=C(Nc1ccccc1)Nc1ccnc2[nH]cc(/C=C(/C(=O)O)c3ccccc3)c12. The van der Waals surface area contributed by atoms with Crippen LogP contribution in [0.1, 0.15) is 11.1 Å². The van der Waals surface area contributed by atoms with Gasteiger partial charge in [-0.15, -0.1) is 0 Å². The lowest BCUT2D eigenvalue weighted by Gasteiger charge is -2.09. The third kappa shape index (κ3) is 4.05. The summed E-state index contributed by atoms with van der Waals surface area (Å²) in [7, 11) is 0. The van der Waals surface area contributed by atoms with Crippen molar-refractivity contribution in [2.24, 2.45) is 0 Å². The van der Waals surface area contributed by atoms with Gasteiger partial charge in [0.25, 0.3) is 0 Å². The Morgan fingerprint density at radius 2 is 1.63 bits per heavy atom. The third-order valence-electron chi connectivity index (χ3n) is 4.50. The van der Waals surface area contributed by atoms with Gasteiger partial charge in [0.2, 0.25) is 0 Å². The fraction of sp³-hybridized carbons (Fsp3) is 0. The van der Waals surface area contributed by atoms with E-state index in [0.717, 1.165) is 0 Å². The summed E-state index contributed by atoms with van der Waals surface area (Å²) in [6.07, 6.45) is 4.81. The minimum atomic E-state index is -1.05. The van der Waals surface area contributed by atoms with Gasteiger partial charge in [-0.2, -0.15) is 0 Å². The van der Waals surface area contributed by atoms with Crippen LogP contribution in [0.15, 0.2) is 79.1 Å². The second kappa shape index (κ2) is 8.32. The lowest BCUT2D eigenvalue weighted by atomic mass is 10.0. The highest BCUT2D eigenvalue weighted by molar-refractivity contribution is 6.22. The summed E-state index contributed by atoms with van der Waals surface area (Å²) in [5.74, 6) is -1.05. The smallest absolute Gasteiger partial charge is 0.336 e. The van der Waals surface area contributed by atoms with Gasteiger partial charge in [0.05, 0.1) is 11.3 Å². The molecular weight excluding hydrogens is 380 g/mol. The van der Waals surface area contributed by atoms with Crippen molar-refractivity contribution in [1.82, 2.24) is 9.97 Å². The number of amides is 2. The van der Waals surface area contributed by atoms with Gasteiger partial charge in [0, 0.05) is 29.0 Å². The Kier molecular flexibility index (Phi) is 5.25. The van der Waals surface area contributed by atoms with E-state index in [0.29, 0.717) is 33.5 Å². The van der Waals surface area contributed by atoms with Gasteiger partial charge in [-0.1, -0.05) is 48.5 Å². The van der Waals surface area contributed by atoms with Crippen LogP contribution >= 0.6 is 0 Å². The van der Waals surface area contributed by atoms with Gasteiger partial charge in [-0.05, 0) is 29.8 Å². The first-order valence-corrected chi connectivity index (χ1v) is 9.21. The Labute approximate surface area is 172 Å². The second-order valence-electron chi connectivity index (χ2n) is 6.50. The molecule has 4 N–H and O–H groups in total. The molecule has 0 unspecified atom stereocenters. The Balaban J connectivity index is 1.70. The third-order valence-corrected chi connectivity index (χ3v) is 4.50. The molecule has 2 heterocycles. The molecule has 0 spiro atoms. The summed E-state index contributed by atoms with van der Waals surface area (Å²) in [4.78, 5) is 31.6. The maximum atomic E-state index is 12.4. The number of benzene rings is 2. The topological polar surface area (TPSA) is 107 Å². The van der Waals surface area contributed by atoms with E-state index in [1.54, 1.807) is 60.9 Å². The van der Waals surface area contributed by atoms with E-state index in [-0.39, 0.29) is 5.57 Å². The Morgan fingerprint density at radius 1 is 0.933 bits per heavy atom. The zero-order valence-corrected chi connectivity index (χ0v) is 15.8. The molecule has 0 aliphatic carbocycles. The standard InChI is InChI=1S/C23H18N4O3/c28-22(29)18(15-7-3-1-4-8-15)13-16-14-25-21-20(16)19(11-12-24-21)27-23(30)26-17-9-5-2-6-10-17/h1-14H,(H,28,29)(H3,24,25,26,27,30)/b18-13+. The van der Waals surface area contributed by atoms with Crippen LogP contribution in [0, 0.1) is 0 Å². The largest absolute Gasteiger partial charge is 0.478 e. The minimum absolute atomic E-state index is 0.139. The average molecular weight is 398 g/mol. The van der Waals surface area contributed by atoms with E-state index >= 15 is 0 Å². The molecule has 2 amide bonds. The number of H-pyrrole nitrogens is 1. The number of carboxylic acid groups (broad SMARTS) is 1. The number of carbonyl (C=O) groups excluding carboxylic acids is 1. The number of anilines is 2. The molecule has 2 aromatic heterocycles. The van der Waals surface area contributed by atoms with Crippen molar-refractivity contribution in [2.45, 2.75) is 0 Å². The summed E-state index contributed by atoms with van der Waals surface area (Å²) >= 11 is 0. The van der Waals surface area contributed by atoms with Crippen LogP contribution in [0.25, 0.3) is 22.7 Å². The first-order chi connectivity index (χ1) is 14.6. The van der Waals surface area contributed by atoms with E-state index < -0.39 is 12.0 Å². The summed E-state index contributed by atoms with van der Waals surface area (Å²) in [6.45, 7) is 0. The van der Waals surface area contributed by atoms with Crippen molar-refractivity contribution in [1.29, 1.82) is 0 Å². The molecule has 2 aromatic carbocycles. The molecule has 7 heteroatoms. The molecule has 4 aromatic rings. The van der Waals surface area contributed by atoms with Crippen LogP contribution in [0.4, 0.5) is 16.2 Å². The van der Waals surface area contributed by atoms with Gasteiger partial charge in [0.1, 0.15) is 5.65 Å². The molecule has 148 valence electrons. The van der Waals surface area contributed by atoms with Crippen molar-refractivity contribution >= 4 is 46.1 Å². The highest BCUT2D eigenvalue weighted by atomic mass is 16.4. The van der Waals surface area contributed by atoms with Crippen LogP contribution in [0.5, 0.6) is 0 Å². The van der Waals surface area contributed by atoms with Crippen molar-refractivity contribution < 1.29 is 14.7 Å². The molecular formula is C23H18N4O3. The number of aliphatic carboxylic acids is 1. The molecule has 0 fully saturated rings. The normalized spacial score (nSPS) is 11.3. The number of nitrogens with one attached hydrogen (secondary N) is 3. The molecule has 7 nitrogen and oxygen atoms in total. The molecule has 0 saturated heterocycles. The number of nitrogens with zero attached hydrogens (tertiary/aromatic N) is 1. The van der Waals surface area contributed by atoms with Crippen LogP contribution in [0.2, 0.25) is 0 Å². The Morgan fingerprint density at radius 3 is 2.33 bits per heavy atom. The molecule has 0 aliphatic heterocycles. The number of aromatic amines is 1. The zero-order chi connectivity index (χ0) is 20.9. The summed E-state index contributed by atoms with van der Waals surface area (Å²) in [5.41, 5.74) is 3.04. The Bertz CT molecular complexity index is 1230. The lowest BCUT2D eigenvalue weighted by molar-refractivity contribution is -0.130. The van der Waals surface area contributed by atoms with Crippen molar-refractivity contribution in [2.75, 3.05) is 10.6 Å². The fourth-order valence-electron chi connectivity index (χ4n) is 3.15. The van der Waals surface area contributed by atoms with Gasteiger partial charge in [-0.25, -0.2) is 14.6 Å². The van der Waals surface area contributed by atoms with E-state index in [2.05, 4.69) is 20.6 Å². The molecule has 0 saturated carbocycles. The molecule has 0 bridgehead atoms. The molecule has 0 aliphatic rings. The number of para-hydroxylation sites is 1. The average Bonchev–Trinajstić information content (AvgIpc) is 3.17. The van der Waals surface area contributed by atoms with Gasteiger partial charge in [0.15, 0.2) is 0 Å². The molecule has 30 heavy (non-hydrogen) atoms. The fourth-order valence-corrected chi connectivity index (χ4v) is 3.15. The van der Waals surface area contributed by atoms with Gasteiger partial charge in [-0.3, -0.25) is 0 Å². The zero-order valence-electron chi connectivity index (χ0n) is 15.8. The maximum absolute atomic E-state index is 12.4. The van der Waals surface area contributed by atoms with E-state index in [4.69, 9.17) is 0 Å². The van der Waals surface area contributed by atoms with Gasteiger partial charge >= 0.3 is 12.0 Å². The number of aromatic nitrogens is 2. The van der Waals surface area contributed by atoms with E-state index in [1.165, 1.54) is 0 Å². The number of hydrogen-bond donors (Lipinski definition) is 4. The number of carboxylic acids is 1. The summed E-state index contributed by atoms with van der Waals surface area (Å²) < 4.78 is 0. The number of hydrogen-bond acceptors (Lipinski definition) is 3. The number of fused-ring (bicyclic) bond motifs is 1. The second-order valence-corrected chi connectivity index (χ2v) is 6.50. The first kappa shape index (κ1) is 18.9. The van der Waals surface area contributed by atoms with Crippen molar-refractivity contribution in [3.63, 3.8) is 0 Å². The first-order valence-electron chi connectivity index (χ1n) is 9.21. The predicted molar refractivity (Wildman–Crippen MR) is 117 cm³/mol. The van der Waals surface area contributed by atoms with E-state index in [9.17, 15) is 14.7 Å². The molecule has 0 atom stereocenters. The number of carbonyl (C=O) groups is 2. The Hall–Kier alpha value is -4.39. The molecule has 0 radical (unpaired) electrons. The molecule has 4 rings (SSSR count). The summed E-state index contributed by atoms with van der Waals surface area (Å²) in [6, 6.07) is 19.2. The van der Waals surface area contributed by atoms with Crippen LogP contribution in [0.3, 0.4) is 0 Å². The lowest BCUT2D eigenvalue weighted by Crippen LogP contribution is -2.19. The van der Waals surface area contributed by atoms with Crippen LogP contribution in [-0.4, -0.2) is 27.1 Å². The van der Waals surface area contributed by atoms with Crippen molar-refractivity contribution in [3.05, 3.63) is 90.3 Å². The van der Waals surface area contributed by atoms with Crippen LogP contribution < -0.4 is 10.6 Å². The van der Waals surface area contributed by atoms with E-state index in [1.807, 2.05) is 24.3 Å². The van der Waals surface area contributed by atoms with Gasteiger partial charge < -0.3 is 20.7 Å². The number of pyridine rings is 1. The quantitative estimate of drug-likeness (QED) is 0.361. The number of urea groups is 1.